The Kier molecular flexibility index (Phi) is 4.88. The monoisotopic (exact) mass is 276 g/mol. The Morgan fingerprint density at radius 1 is 1.40 bits per heavy atom. The highest BCUT2D eigenvalue weighted by molar-refractivity contribution is 5.74. The van der Waals surface area contributed by atoms with Gasteiger partial charge in [0.1, 0.15) is 5.75 Å². The van der Waals surface area contributed by atoms with Crippen LogP contribution in [-0.2, 0) is 6.54 Å². The number of carbonyl (C=O) groups is 1. The lowest BCUT2D eigenvalue weighted by Crippen LogP contribution is -2.45. The van der Waals surface area contributed by atoms with E-state index in [-0.39, 0.29) is 6.03 Å². The van der Waals surface area contributed by atoms with E-state index < -0.39 is 0 Å². The van der Waals surface area contributed by atoms with E-state index in [2.05, 4.69) is 12.2 Å². The molecule has 1 saturated carbocycles. The van der Waals surface area contributed by atoms with Crippen LogP contribution in [0.2, 0.25) is 0 Å². The van der Waals surface area contributed by atoms with Gasteiger partial charge in [0.05, 0.1) is 7.11 Å². The first-order valence-electron chi connectivity index (χ1n) is 7.33. The maximum absolute atomic E-state index is 12.2. The molecule has 1 N–H and O–H groups in total. The lowest BCUT2D eigenvalue weighted by molar-refractivity contribution is 0.168. The molecule has 1 aliphatic carbocycles. The van der Waals surface area contributed by atoms with Crippen molar-refractivity contribution in [2.24, 2.45) is 5.92 Å². The molecule has 1 atom stereocenters. The van der Waals surface area contributed by atoms with E-state index in [9.17, 15) is 4.79 Å². The van der Waals surface area contributed by atoms with Crippen LogP contribution in [0.1, 0.15) is 32.3 Å². The van der Waals surface area contributed by atoms with Crippen LogP contribution in [0, 0.1) is 5.92 Å². The average Bonchev–Trinajstić information content (AvgIpc) is 3.29. The highest BCUT2D eigenvalue weighted by atomic mass is 16.5. The van der Waals surface area contributed by atoms with Crippen LogP contribution in [-0.4, -0.2) is 30.6 Å². The fraction of sp³-hybridized carbons (Fsp3) is 0.562. The third kappa shape index (κ3) is 3.65. The molecule has 0 bridgehead atoms. The maximum Gasteiger partial charge on any atom is 0.317 e. The number of hydrogen-bond donors (Lipinski definition) is 1. The van der Waals surface area contributed by atoms with Crippen LogP contribution in [0.3, 0.4) is 0 Å². The third-order valence-corrected chi connectivity index (χ3v) is 3.90. The van der Waals surface area contributed by atoms with Gasteiger partial charge in [0.25, 0.3) is 0 Å². The molecule has 1 aromatic carbocycles. The zero-order valence-corrected chi connectivity index (χ0v) is 12.6. The molecular formula is C16H24N2O2. The lowest BCUT2D eigenvalue weighted by Gasteiger charge is -2.29. The van der Waals surface area contributed by atoms with Crippen molar-refractivity contribution in [2.75, 3.05) is 13.7 Å². The fourth-order valence-corrected chi connectivity index (χ4v) is 2.41. The summed E-state index contributed by atoms with van der Waals surface area (Å²) in [6.07, 6.45) is 2.47. The van der Waals surface area contributed by atoms with Gasteiger partial charge in [-0.05, 0) is 50.3 Å². The van der Waals surface area contributed by atoms with Gasteiger partial charge in [0.2, 0.25) is 0 Å². The summed E-state index contributed by atoms with van der Waals surface area (Å²) in [4.78, 5) is 14.2. The molecule has 0 aromatic heterocycles. The Balaban J connectivity index is 2.06. The number of methoxy groups -OCH3 is 1. The summed E-state index contributed by atoms with van der Waals surface area (Å²) in [5, 5.41) is 2.91. The van der Waals surface area contributed by atoms with Crippen LogP contribution in [0.15, 0.2) is 24.3 Å². The van der Waals surface area contributed by atoms with Gasteiger partial charge in [-0.1, -0.05) is 12.1 Å². The number of rotatable bonds is 6. The second-order valence-corrected chi connectivity index (χ2v) is 5.39. The molecule has 1 unspecified atom stereocenters. The zero-order valence-electron chi connectivity index (χ0n) is 12.6. The first-order valence-corrected chi connectivity index (χ1v) is 7.33. The summed E-state index contributed by atoms with van der Waals surface area (Å²) in [5.74, 6) is 1.50. The first-order chi connectivity index (χ1) is 9.65. The molecule has 1 aromatic rings. The van der Waals surface area contributed by atoms with Gasteiger partial charge in [-0.15, -0.1) is 0 Å². The molecule has 2 amide bonds. The molecule has 4 nitrogen and oxygen atoms in total. The number of hydrogen-bond acceptors (Lipinski definition) is 2. The van der Waals surface area contributed by atoms with Crippen LogP contribution in [0.5, 0.6) is 5.75 Å². The van der Waals surface area contributed by atoms with Gasteiger partial charge in [0.15, 0.2) is 0 Å². The molecule has 0 heterocycles. The Hall–Kier alpha value is -1.71. The number of urea groups is 1. The predicted molar refractivity (Wildman–Crippen MR) is 79.8 cm³/mol. The number of ether oxygens (including phenoxy) is 1. The molecular weight excluding hydrogens is 252 g/mol. The predicted octanol–water partition coefficient (Wildman–Crippen LogP) is 3.03. The van der Waals surface area contributed by atoms with E-state index in [1.807, 2.05) is 36.1 Å². The highest BCUT2D eigenvalue weighted by Crippen LogP contribution is 2.35. The summed E-state index contributed by atoms with van der Waals surface area (Å²) < 4.78 is 5.16. The SMILES string of the molecule is CCNC(=O)N(Cc1ccc(OC)cc1)C(C)C1CC1. The van der Waals surface area contributed by atoms with E-state index in [0.29, 0.717) is 25.0 Å². The average molecular weight is 276 g/mol. The Bertz CT molecular complexity index is 440. The normalized spacial score (nSPS) is 15.6. The van der Waals surface area contributed by atoms with Crippen molar-refractivity contribution in [1.82, 2.24) is 10.2 Å². The van der Waals surface area contributed by atoms with Gasteiger partial charge >= 0.3 is 6.03 Å². The Morgan fingerprint density at radius 2 is 2.05 bits per heavy atom. The molecule has 0 aliphatic heterocycles. The third-order valence-electron chi connectivity index (χ3n) is 3.90. The molecule has 0 radical (unpaired) electrons. The van der Waals surface area contributed by atoms with Crippen LogP contribution >= 0.6 is 0 Å². The van der Waals surface area contributed by atoms with Gasteiger partial charge in [0, 0.05) is 19.1 Å². The lowest BCUT2D eigenvalue weighted by atomic mass is 10.1. The number of amides is 2. The molecule has 110 valence electrons. The Labute approximate surface area is 121 Å². The number of benzene rings is 1. The molecule has 0 spiro atoms. The van der Waals surface area contributed by atoms with E-state index in [1.54, 1.807) is 7.11 Å². The van der Waals surface area contributed by atoms with E-state index >= 15 is 0 Å². The standard InChI is InChI=1S/C16H24N2O2/c1-4-17-16(19)18(12(2)14-7-8-14)11-13-5-9-15(20-3)10-6-13/h5-6,9-10,12,14H,4,7-8,11H2,1-3H3,(H,17,19). The quantitative estimate of drug-likeness (QED) is 0.867. The van der Waals surface area contributed by atoms with E-state index in [1.165, 1.54) is 12.8 Å². The minimum Gasteiger partial charge on any atom is -0.497 e. The van der Waals surface area contributed by atoms with Crippen molar-refractivity contribution in [3.05, 3.63) is 29.8 Å². The Morgan fingerprint density at radius 3 is 2.55 bits per heavy atom. The van der Waals surface area contributed by atoms with E-state index in [4.69, 9.17) is 4.74 Å². The minimum absolute atomic E-state index is 0.0303. The topological polar surface area (TPSA) is 41.6 Å². The van der Waals surface area contributed by atoms with Gasteiger partial charge in [-0.2, -0.15) is 0 Å². The summed E-state index contributed by atoms with van der Waals surface area (Å²) >= 11 is 0. The fourth-order valence-electron chi connectivity index (χ4n) is 2.41. The smallest absolute Gasteiger partial charge is 0.317 e. The largest absolute Gasteiger partial charge is 0.497 e. The maximum atomic E-state index is 12.2. The summed E-state index contributed by atoms with van der Waals surface area (Å²) in [7, 11) is 1.66. The van der Waals surface area contributed by atoms with Gasteiger partial charge < -0.3 is 15.0 Å². The molecule has 20 heavy (non-hydrogen) atoms. The summed E-state index contributed by atoms with van der Waals surface area (Å²) in [6, 6.07) is 8.24. The van der Waals surface area contributed by atoms with Crippen molar-refractivity contribution in [3.63, 3.8) is 0 Å². The molecule has 4 heteroatoms. The van der Waals surface area contributed by atoms with Crippen LogP contribution in [0.4, 0.5) is 4.79 Å². The van der Waals surface area contributed by atoms with Crippen LogP contribution in [0.25, 0.3) is 0 Å². The number of nitrogens with one attached hydrogen (secondary N) is 1. The second kappa shape index (κ2) is 6.64. The van der Waals surface area contributed by atoms with Gasteiger partial charge in [-0.25, -0.2) is 4.79 Å². The summed E-state index contributed by atoms with van der Waals surface area (Å²) in [5.41, 5.74) is 1.13. The number of carbonyl (C=O) groups excluding carboxylic acids is 1. The van der Waals surface area contributed by atoms with E-state index in [0.717, 1.165) is 11.3 Å². The van der Waals surface area contributed by atoms with Crippen molar-refractivity contribution in [2.45, 2.75) is 39.3 Å². The second-order valence-electron chi connectivity index (χ2n) is 5.39. The van der Waals surface area contributed by atoms with Crippen molar-refractivity contribution in [3.8, 4) is 5.75 Å². The number of nitrogens with zero attached hydrogens (tertiary/aromatic N) is 1. The molecule has 2 rings (SSSR count). The molecule has 0 saturated heterocycles. The first kappa shape index (κ1) is 14.7. The molecule has 1 aliphatic rings. The van der Waals surface area contributed by atoms with Gasteiger partial charge in [-0.3, -0.25) is 0 Å². The highest BCUT2D eigenvalue weighted by Gasteiger charge is 2.34. The minimum atomic E-state index is 0.0303. The molecule has 1 fully saturated rings. The van der Waals surface area contributed by atoms with Crippen molar-refractivity contribution >= 4 is 6.03 Å². The zero-order chi connectivity index (χ0) is 14.5. The van der Waals surface area contributed by atoms with Crippen molar-refractivity contribution < 1.29 is 9.53 Å². The van der Waals surface area contributed by atoms with Crippen LogP contribution < -0.4 is 10.1 Å². The summed E-state index contributed by atoms with van der Waals surface area (Å²) in [6.45, 7) is 5.41. The van der Waals surface area contributed by atoms with Crippen molar-refractivity contribution in [1.29, 1.82) is 0 Å².